The molecule has 1 fully saturated rings. The van der Waals surface area contributed by atoms with Crippen LogP contribution in [0.1, 0.15) is 24.1 Å². The summed E-state index contributed by atoms with van der Waals surface area (Å²) in [6, 6.07) is 12.6. The van der Waals surface area contributed by atoms with Gasteiger partial charge in [0.15, 0.2) is 0 Å². The zero-order valence-electron chi connectivity index (χ0n) is 20.0. The summed E-state index contributed by atoms with van der Waals surface area (Å²) in [6.07, 6.45) is 8.31. The van der Waals surface area contributed by atoms with Crippen molar-refractivity contribution in [3.63, 3.8) is 0 Å². The summed E-state index contributed by atoms with van der Waals surface area (Å²) in [5.41, 5.74) is 2.71. The van der Waals surface area contributed by atoms with Gasteiger partial charge in [0.05, 0.1) is 4.90 Å². The summed E-state index contributed by atoms with van der Waals surface area (Å²) in [4.78, 5) is -0.121. The number of phenolic OH excluding ortho intramolecular Hbond substituents is 3. The minimum atomic E-state index is -3.86. The van der Waals surface area contributed by atoms with Crippen LogP contribution >= 0.6 is 15.9 Å². The minimum absolute atomic E-state index is 0.0543. The lowest BCUT2D eigenvalue weighted by molar-refractivity contribution is 0.265. The number of piperidine rings is 1. The first-order valence-corrected chi connectivity index (χ1v) is 14.3. The van der Waals surface area contributed by atoms with Gasteiger partial charge in [0.2, 0.25) is 10.0 Å². The Bertz CT molecular complexity index is 1480. The van der Waals surface area contributed by atoms with Crippen LogP contribution in [0.15, 0.2) is 76.2 Å². The Morgan fingerprint density at radius 3 is 2.57 bits per heavy atom. The number of hydrogen-bond acceptors (Lipinski definition) is 6. The maximum absolute atomic E-state index is 13.2. The quantitative estimate of drug-likeness (QED) is 0.339. The van der Waals surface area contributed by atoms with Crippen molar-refractivity contribution < 1.29 is 23.7 Å². The van der Waals surface area contributed by atoms with Gasteiger partial charge in [-0.05, 0) is 58.5 Å². The van der Waals surface area contributed by atoms with Crippen molar-refractivity contribution in [1.29, 1.82) is 0 Å². The van der Waals surface area contributed by atoms with E-state index >= 15 is 0 Å². The Morgan fingerprint density at radius 1 is 1.05 bits per heavy atom. The van der Waals surface area contributed by atoms with Crippen LogP contribution in [0, 0.1) is 5.92 Å². The van der Waals surface area contributed by atoms with E-state index in [4.69, 9.17) is 0 Å². The van der Waals surface area contributed by atoms with Gasteiger partial charge in [0, 0.05) is 66.2 Å². The number of nitrogens with zero attached hydrogens (tertiary/aromatic N) is 2. The summed E-state index contributed by atoms with van der Waals surface area (Å²) in [5, 5.41) is 33.5. The van der Waals surface area contributed by atoms with Gasteiger partial charge < -0.3 is 25.2 Å². The number of benzene rings is 2. The van der Waals surface area contributed by atoms with Crippen molar-refractivity contribution in [2.24, 2.45) is 5.92 Å². The van der Waals surface area contributed by atoms with E-state index in [0.717, 1.165) is 51.7 Å². The van der Waals surface area contributed by atoms with Crippen molar-refractivity contribution in [1.82, 2.24) is 14.2 Å². The van der Waals surface area contributed by atoms with Gasteiger partial charge >= 0.3 is 0 Å². The number of hydrogen-bond donors (Lipinski definition) is 4. The molecule has 2 aromatic carbocycles. The van der Waals surface area contributed by atoms with Gasteiger partial charge in [-0.3, -0.25) is 0 Å². The molecule has 194 valence electrons. The molecule has 1 saturated heterocycles. The number of aromatic hydroxyl groups is 3. The van der Waals surface area contributed by atoms with Crippen molar-refractivity contribution in [2.75, 3.05) is 19.6 Å². The van der Waals surface area contributed by atoms with Crippen LogP contribution in [-0.2, 0) is 16.4 Å². The molecule has 0 bridgehead atoms. The van der Waals surface area contributed by atoms with Gasteiger partial charge in [-0.1, -0.05) is 24.3 Å². The SMILES string of the molecule is O=S(=O)(c1cc(O)cc(O)c1)N1CCCC(CNC2=CC(c3ccccc3O)=CCc3c(Br)ccn32)C1. The first-order valence-electron chi connectivity index (χ1n) is 12.1. The molecular weight excluding hydrogens is 558 g/mol. The van der Waals surface area contributed by atoms with E-state index in [0.29, 0.717) is 32.5 Å². The number of rotatable bonds is 6. The number of halogens is 1. The van der Waals surface area contributed by atoms with Crippen LogP contribution in [0.4, 0.5) is 0 Å². The van der Waals surface area contributed by atoms with Gasteiger partial charge in [-0.15, -0.1) is 0 Å². The highest BCUT2D eigenvalue weighted by atomic mass is 79.9. The number of sulfonamides is 1. The van der Waals surface area contributed by atoms with Crippen LogP contribution in [0.2, 0.25) is 0 Å². The second-order valence-corrected chi connectivity index (χ2v) is 12.1. The predicted octanol–water partition coefficient (Wildman–Crippen LogP) is 4.50. The summed E-state index contributed by atoms with van der Waals surface area (Å²) in [7, 11) is -3.86. The van der Waals surface area contributed by atoms with Crippen LogP contribution in [-0.4, -0.2) is 52.2 Å². The molecule has 5 rings (SSSR count). The maximum Gasteiger partial charge on any atom is 0.243 e. The Hall–Kier alpha value is -3.21. The van der Waals surface area contributed by atoms with E-state index in [-0.39, 0.29) is 28.1 Å². The molecule has 0 radical (unpaired) electrons. The number of fused-ring (bicyclic) bond motifs is 1. The largest absolute Gasteiger partial charge is 0.508 e. The summed E-state index contributed by atoms with van der Waals surface area (Å²) in [5.74, 6) is 0.512. The van der Waals surface area contributed by atoms with E-state index in [1.165, 1.54) is 4.31 Å². The zero-order chi connectivity index (χ0) is 26.2. The molecule has 0 aliphatic carbocycles. The second kappa shape index (κ2) is 10.3. The Labute approximate surface area is 224 Å². The van der Waals surface area contributed by atoms with E-state index in [1.807, 2.05) is 30.5 Å². The second-order valence-electron chi connectivity index (χ2n) is 9.33. The highest BCUT2D eigenvalue weighted by Gasteiger charge is 2.31. The predicted molar refractivity (Wildman–Crippen MR) is 145 cm³/mol. The van der Waals surface area contributed by atoms with E-state index < -0.39 is 10.0 Å². The Kier molecular flexibility index (Phi) is 7.06. The zero-order valence-corrected chi connectivity index (χ0v) is 22.4. The topological polar surface area (TPSA) is 115 Å². The third-order valence-corrected chi connectivity index (χ3v) is 9.35. The van der Waals surface area contributed by atoms with Crippen LogP contribution in [0.3, 0.4) is 0 Å². The molecule has 8 nitrogen and oxygen atoms in total. The molecule has 0 spiro atoms. The van der Waals surface area contributed by atoms with Gasteiger partial charge in [-0.25, -0.2) is 8.42 Å². The molecule has 2 aliphatic rings. The molecule has 37 heavy (non-hydrogen) atoms. The van der Waals surface area contributed by atoms with E-state index in [2.05, 4.69) is 31.9 Å². The summed E-state index contributed by atoms with van der Waals surface area (Å²) >= 11 is 3.63. The van der Waals surface area contributed by atoms with Crippen molar-refractivity contribution in [3.8, 4) is 17.2 Å². The highest BCUT2D eigenvalue weighted by Crippen LogP contribution is 2.33. The lowest BCUT2D eigenvalue weighted by atomic mass is 9.99. The molecule has 4 N–H and O–H groups in total. The lowest BCUT2D eigenvalue weighted by Gasteiger charge is -2.32. The van der Waals surface area contributed by atoms with Crippen LogP contribution in [0.25, 0.3) is 11.4 Å². The fourth-order valence-corrected chi connectivity index (χ4v) is 7.00. The molecule has 10 heteroatoms. The fourth-order valence-electron chi connectivity index (χ4n) is 4.91. The summed E-state index contributed by atoms with van der Waals surface area (Å²) in [6.45, 7) is 1.25. The maximum atomic E-state index is 13.2. The average molecular weight is 587 g/mol. The number of allylic oxidation sites excluding steroid dienone is 3. The van der Waals surface area contributed by atoms with Crippen molar-refractivity contribution in [3.05, 3.63) is 82.6 Å². The first kappa shape index (κ1) is 25.4. The molecule has 3 aromatic rings. The normalized spacial score (nSPS) is 18.5. The smallest absolute Gasteiger partial charge is 0.243 e. The lowest BCUT2D eigenvalue weighted by Crippen LogP contribution is -2.42. The van der Waals surface area contributed by atoms with E-state index in [1.54, 1.807) is 12.1 Å². The van der Waals surface area contributed by atoms with Crippen molar-refractivity contribution >= 4 is 37.3 Å². The monoisotopic (exact) mass is 585 g/mol. The molecule has 1 atom stereocenters. The van der Waals surface area contributed by atoms with Crippen molar-refractivity contribution in [2.45, 2.75) is 24.2 Å². The van der Waals surface area contributed by atoms with Crippen LogP contribution < -0.4 is 5.32 Å². The average Bonchev–Trinajstić information content (AvgIpc) is 3.13. The molecule has 0 saturated carbocycles. The molecule has 3 heterocycles. The third-order valence-electron chi connectivity index (χ3n) is 6.79. The number of phenols is 3. The molecule has 1 unspecified atom stereocenters. The van der Waals surface area contributed by atoms with Gasteiger partial charge in [0.25, 0.3) is 0 Å². The molecule has 2 aliphatic heterocycles. The number of nitrogens with one attached hydrogen (secondary N) is 1. The van der Waals surface area contributed by atoms with E-state index in [9.17, 15) is 23.7 Å². The number of para-hydroxylation sites is 1. The molecular formula is C27H28BrN3O5S. The highest BCUT2D eigenvalue weighted by molar-refractivity contribution is 9.10. The van der Waals surface area contributed by atoms with Gasteiger partial charge in [-0.2, -0.15) is 4.31 Å². The third kappa shape index (κ3) is 5.27. The number of aromatic nitrogens is 1. The molecule has 0 amide bonds. The molecule has 1 aromatic heterocycles. The first-order chi connectivity index (χ1) is 17.7. The van der Waals surface area contributed by atoms with Crippen LogP contribution in [0.5, 0.6) is 17.2 Å². The van der Waals surface area contributed by atoms with Gasteiger partial charge in [0.1, 0.15) is 23.1 Å². The Balaban J connectivity index is 1.36. The standard InChI is InChI=1S/C27H28BrN3O5S/c28-24-9-11-31-25(24)8-7-19(23-5-1-2-6-26(23)34)12-27(31)29-16-18-4-3-10-30(17-18)37(35,36)22-14-20(32)13-21(33)15-22/h1-2,5-7,9,11-15,18,29,32-34H,3-4,8,10,16-17H2. The minimum Gasteiger partial charge on any atom is -0.508 e. The Morgan fingerprint density at radius 2 is 1.81 bits per heavy atom. The summed E-state index contributed by atoms with van der Waals surface area (Å²) < 4.78 is 30.9. The fraction of sp³-hybridized carbons (Fsp3) is 0.259.